The van der Waals surface area contributed by atoms with Crippen LogP contribution in [0.2, 0.25) is 0 Å². The van der Waals surface area contributed by atoms with Crippen LogP contribution >= 0.6 is 0 Å². The SMILES string of the molecule is Cc1ccccc1OCC(O)CNC(C)(C)CNC(=O)CCCO[N+](=O)[O-]. The van der Waals surface area contributed by atoms with E-state index in [0.29, 0.717) is 13.1 Å². The van der Waals surface area contributed by atoms with E-state index in [1.165, 1.54) is 0 Å². The van der Waals surface area contributed by atoms with E-state index in [4.69, 9.17) is 4.74 Å². The quantitative estimate of drug-likeness (QED) is 0.266. The van der Waals surface area contributed by atoms with Crippen LogP contribution < -0.4 is 15.4 Å². The summed E-state index contributed by atoms with van der Waals surface area (Å²) in [4.78, 5) is 25.9. The van der Waals surface area contributed by atoms with Gasteiger partial charge in [0.2, 0.25) is 5.91 Å². The number of aliphatic hydroxyl groups is 1. The van der Waals surface area contributed by atoms with Crippen LogP contribution in [0.5, 0.6) is 5.75 Å². The average Bonchev–Trinajstić information content (AvgIpc) is 2.61. The molecule has 1 unspecified atom stereocenters. The molecule has 0 fully saturated rings. The van der Waals surface area contributed by atoms with Gasteiger partial charge >= 0.3 is 0 Å². The second-order valence-electron chi connectivity index (χ2n) is 6.93. The van der Waals surface area contributed by atoms with Crippen molar-refractivity contribution in [3.05, 3.63) is 39.9 Å². The number of nitrogens with zero attached hydrogens (tertiary/aromatic N) is 1. The zero-order valence-corrected chi connectivity index (χ0v) is 16.1. The molecule has 0 aliphatic rings. The van der Waals surface area contributed by atoms with Crippen molar-refractivity contribution in [1.29, 1.82) is 0 Å². The first-order valence-electron chi connectivity index (χ1n) is 8.85. The van der Waals surface area contributed by atoms with Crippen molar-refractivity contribution in [3.8, 4) is 5.75 Å². The molecule has 152 valence electrons. The number of carbonyl (C=O) groups excluding carboxylic acids is 1. The smallest absolute Gasteiger partial charge is 0.294 e. The molecule has 0 radical (unpaired) electrons. The Labute approximate surface area is 159 Å². The van der Waals surface area contributed by atoms with Gasteiger partial charge in [-0.25, -0.2) is 0 Å². The average molecular weight is 383 g/mol. The number of β-amino-alcohol motifs (C(OH)–C–C–N with tert-alkyl or cyclic N) is 1. The third kappa shape index (κ3) is 10.4. The van der Waals surface area contributed by atoms with E-state index in [2.05, 4.69) is 15.5 Å². The summed E-state index contributed by atoms with van der Waals surface area (Å²) in [7, 11) is 0. The Bertz CT molecular complexity index is 609. The number of benzene rings is 1. The number of rotatable bonds is 13. The van der Waals surface area contributed by atoms with E-state index in [0.717, 1.165) is 11.3 Å². The second-order valence-corrected chi connectivity index (χ2v) is 6.93. The molecule has 1 aromatic rings. The van der Waals surface area contributed by atoms with Crippen molar-refractivity contribution < 1.29 is 24.6 Å². The first-order chi connectivity index (χ1) is 12.7. The Morgan fingerprint density at radius 2 is 2.07 bits per heavy atom. The highest BCUT2D eigenvalue weighted by Gasteiger charge is 2.20. The molecule has 1 amide bonds. The minimum Gasteiger partial charge on any atom is -0.491 e. The molecule has 1 atom stereocenters. The van der Waals surface area contributed by atoms with E-state index >= 15 is 0 Å². The Balaban J connectivity index is 2.22. The Morgan fingerprint density at radius 3 is 2.74 bits per heavy atom. The van der Waals surface area contributed by atoms with Crippen LogP contribution in [0.15, 0.2) is 24.3 Å². The zero-order chi connectivity index (χ0) is 20.3. The molecule has 9 heteroatoms. The molecule has 3 N–H and O–H groups in total. The number of hydrogen-bond donors (Lipinski definition) is 3. The summed E-state index contributed by atoms with van der Waals surface area (Å²) >= 11 is 0. The fourth-order valence-corrected chi connectivity index (χ4v) is 2.20. The molecule has 0 aliphatic carbocycles. The standard InChI is InChI=1S/C18H29N3O6/c1-14-7-4-5-8-16(14)26-12-15(22)11-20-18(2,3)13-19-17(23)9-6-10-27-21(24)25/h4-5,7-8,15,20,22H,6,9-13H2,1-3H3,(H,19,23). The van der Waals surface area contributed by atoms with Crippen LogP contribution in [0.3, 0.4) is 0 Å². The van der Waals surface area contributed by atoms with Gasteiger partial charge in [0.1, 0.15) is 18.5 Å². The van der Waals surface area contributed by atoms with Gasteiger partial charge in [0.05, 0.1) is 6.61 Å². The largest absolute Gasteiger partial charge is 0.491 e. The highest BCUT2D eigenvalue weighted by atomic mass is 16.9. The Morgan fingerprint density at radius 1 is 1.37 bits per heavy atom. The maximum atomic E-state index is 11.7. The fourth-order valence-electron chi connectivity index (χ4n) is 2.20. The number of aliphatic hydroxyl groups excluding tert-OH is 1. The molecule has 27 heavy (non-hydrogen) atoms. The molecule has 0 aliphatic heterocycles. The number of ether oxygens (including phenoxy) is 1. The third-order valence-corrected chi connectivity index (χ3v) is 3.81. The van der Waals surface area contributed by atoms with Gasteiger partial charge in [-0.15, -0.1) is 10.1 Å². The lowest BCUT2D eigenvalue weighted by Crippen LogP contribution is -2.51. The lowest BCUT2D eigenvalue weighted by Gasteiger charge is -2.28. The van der Waals surface area contributed by atoms with E-state index in [1.807, 2.05) is 45.0 Å². The van der Waals surface area contributed by atoms with Crippen LogP contribution in [0, 0.1) is 17.0 Å². The fraction of sp³-hybridized carbons (Fsp3) is 0.611. The first kappa shape index (κ1) is 22.7. The van der Waals surface area contributed by atoms with Crippen LogP contribution in [0.25, 0.3) is 0 Å². The summed E-state index contributed by atoms with van der Waals surface area (Å²) in [5, 5.41) is 25.2. The molecule has 9 nitrogen and oxygen atoms in total. The molecule has 0 saturated heterocycles. The Hall–Kier alpha value is -2.39. The van der Waals surface area contributed by atoms with Gasteiger partial charge in [0.15, 0.2) is 0 Å². The van der Waals surface area contributed by atoms with Gasteiger partial charge < -0.3 is 25.3 Å². The molecule has 0 aromatic heterocycles. The van der Waals surface area contributed by atoms with Crippen molar-refractivity contribution in [2.24, 2.45) is 0 Å². The maximum absolute atomic E-state index is 11.7. The summed E-state index contributed by atoms with van der Waals surface area (Å²) in [6.07, 6.45) is -0.272. The van der Waals surface area contributed by atoms with Crippen LogP contribution in [-0.4, -0.2) is 54.0 Å². The number of aryl methyl sites for hydroxylation is 1. The highest BCUT2D eigenvalue weighted by Crippen LogP contribution is 2.16. The normalized spacial score (nSPS) is 12.3. The minimum atomic E-state index is -0.876. The van der Waals surface area contributed by atoms with Gasteiger partial charge in [-0.1, -0.05) is 18.2 Å². The van der Waals surface area contributed by atoms with Crippen molar-refractivity contribution in [1.82, 2.24) is 10.6 Å². The first-order valence-corrected chi connectivity index (χ1v) is 8.85. The van der Waals surface area contributed by atoms with Crippen molar-refractivity contribution in [2.75, 3.05) is 26.3 Å². The highest BCUT2D eigenvalue weighted by molar-refractivity contribution is 5.75. The zero-order valence-electron chi connectivity index (χ0n) is 16.1. The van der Waals surface area contributed by atoms with Crippen molar-refractivity contribution in [3.63, 3.8) is 0 Å². The lowest BCUT2D eigenvalue weighted by molar-refractivity contribution is -0.757. The van der Waals surface area contributed by atoms with E-state index in [9.17, 15) is 20.0 Å². The number of nitrogens with one attached hydrogen (secondary N) is 2. The van der Waals surface area contributed by atoms with Gasteiger partial charge in [-0.3, -0.25) is 4.79 Å². The lowest BCUT2D eigenvalue weighted by atomic mass is 10.1. The van der Waals surface area contributed by atoms with E-state index in [-0.39, 0.29) is 32.0 Å². The van der Waals surface area contributed by atoms with Gasteiger partial charge in [0, 0.05) is 25.0 Å². The minimum absolute atomic E-state index is 0.102. The van der Waals surface area contributed by atoms with E-state index < -0.39 is 16.7 Å². The number of carbonyl (C=O) groups is 1. The number of hydrogen-bond acceptors (Lipinski definition) is 7. The van der Waals surface area contributed by atoms with Gasteiger partial charge in [0.25, 0.3) is 5.09 Å². The van der Waals surface area contributed by atoms with Crippen molar-refractivity contribution in [2.45, 2.75) is 45.3 Å². The number of amides is 1. The number of para-hydroxylation sites is 1. The third-order valence-electron chi connectivity index (χ3n) is 3.81. The molecular formula is C18H29N3O6. The molecule has 0 saturated carbocycles. The summed E-state index contributed by atoms with van der Waals surface area (Å²) < 4.78 is 5.61. The molecular weight excluding hydrogens is 354 g/mol. The van der Waals surface area contributed by atoms with Crippen LogP contribution in [0.4, 0.5) is 0 Å². The van der Waals surface area contributed by atoms with E-state index in [1.54, 1.807) is 0 Å². The predicted octanol–water partition coefficient (Wildman–Crippen LogP) is 1.21. The summed E-state index contributed by atoms with van der Waals surface area (Å²) in [6.45, 7) is 6.47. The molecule has 1 aromatic carbocycles. The van der Waals surface area contributed by atoms with Crippen LogP contribution in [0.1, 0.15) is 32.3 Å². The van der Waals surface area contributed by atoms with Crippen molar-refractivity contribution >= 4 is 5.91 Å². The van der Waals surface area contributed by atoms with Gasteiger partial charge in [-0.2, -0.15) is 0 Å². The monoisotopic (exact) mass is 383 g/mol. The summed E-state index contributed by atoms with van der Waals surface area (Å²) in [5.41, 5.74) is 0.570. The second kappa shape index (κ2) is 11.3. The molecule has 0 heterocycles. The topological polar surface area (TPSA) is 123 Å². The molecule has 0 bridgehead atoms. The van der Waals surface area contributed by atoms with Gasteiger partial charge in [-0.05, 0) is 38.8 Å². The molecule has 0 spiro atoms. The predicted molar refractivity (Wildman–Crippen MR) is 100.0 cm³/mol. The maximum Gasteiger partial charge on any atom is 0.294 e. The molecule has 1 rings (SSSR count). The Kier molecular flexibility index (Phi) is 9.52. The van der Waals surface area contributed by atoms with Crippen LogP contribution in [-0.2, 0) is 9.63 Å². The summed E-state index contributed by atoms with van der Waals surface area (Å²) in [6, 6.07) is 7.59. The summed E-state index contributed by atoms with van der Waals surface area (Å²) in [5.74, 6) is 0.532.